The summed E-state index contributed by atoms with van der Waals surface area (Å²) in [6.45, 7) is 8.04. The van der Waals surface area contributed by atoms with Gasteiger partial charge in [-0.05, 0) is 20.8 Å². The van der Waals surface area contributed by atoms with Gasteiger partial charge in [-0.15, -0.1) is 0 Å². The van der Waals surface area contributed by atoms with E-state index in [0.29, 0.717) is 13.1 Å². The Morgan fingerprint density at radius 2 is 1.88 bits per heavy atom. The molecule has 0 aromatic carbocycles. The molecule has 0 radical (unpaired) electrons. The lowest BCUT2D eigenvalue weighted by Crippen LogP contribution is -2.54. The second-order valence-electron chi connectivity index (χ2n) is 5.27. The molecule has 1 heterocycles. The summed E-state index contributed by atoms with van der Waals surface area (Å²) in [4.78, 5) is 23.8. The van der Waals surface area contributed by atoms with Crippen molar-refractivity contribution in [3.8, 4) is 0 Å². The number of aliphatic carboxylic acids is 1. The summed E-state index contributed by atoms with van der Waals surface area (Å²) in [6.07, 6.45) is -0.360. The molecule has 0 unspecified atom stereocenters. The zero-order valence-corrected chi connectivity index (χ0v) is 10.2. The van der Waals surface area contributed by atoms with Crippen LogP contribution >= 0.6 is 0 Å². The molecular formula is C11H19NO4. The molecular weight excluding hydrogens is 210 g/mol. The first-order valence-corrected chi connectivity index (χ1v) is 5.41. The van der Waals surface area contributed by atoms with E-state index < -0.39 is 17.5 Å². The van der Waals surface area contributed by atoms with Crippen molar-refractivity contribution in [3.63, 3.8) is 0 Å². The Hall–Kier alpha value is -1.26. The highest BCUT2D eigenvalue weighted by Gasteiger charge is 2.38. The number of hydrogen-bond donors (Lipinski definition) is 1. The summed E-state index contributed by atoms with van der Waals surface area (Å²) in [5.41, 5.74) is -0.499. The first-order chi connectivity index (χ1) is 7.20. The molecule has 1 rings (SSSR count). The van der Waals surface area contributed by atoms with Gasteiger partial charge in [-0.25, -0.2) is 4.79 Å². The average Bonchev–Trinajstić information content (AvgIpc) is 1.96. The number of carbonyl (C=O) groups is 2. The lowest BCUT2D eigenvalue weighted by Gasteiger charge is -2.41. The van der Waals surface area contributed by atoms with Crippen LogP contribution in [0.1, 0.15) is 27.7 Å². The number of carbonyl (C=O) groups excluding carboxylic acids is 1. The van der Waals surface area contributed by atoms with Crippen LogP contribution in [-0.4, -0.2) is 40.8 Å². The highest BCUT2D eigenvalue weighted by atomic mass is 16.6. The van der Waals surface area contributed by atoms with Crippen molar-refractivity contribution < 1.29 is 19.4 Å². The van der Waals surface area contributed by atoms with E-state index in [2.05, 4.69) is 0 Å². The van der Waals surface area contributed by atoms with E-state index in [1.54, 1.807) is 6.92 Å². The van der Waals surface area contributed by atoms with E-state index >= 15 is 0 Å². The molecule has 0 aliphatic carbocycles. The molecule has 0 aromatic rings. The van der Waals surface area contributed by atoms with Gasteiger partial charge in [0.15, 0.2) is 0 Å². The maximum Gasteiger partial charge on any atom is 0.410 e. The monoisotopic (exact) mass is 229 g/mol. The Morgan fingerprint density at radius 1 is 1.38 bits per heavy atom. The molecule has 1 fully saturated rings. The minimum Gasteiger partial charge on any atom is -0.481 e. The number of hydrogen-bond acceptors (Lipinski definition) is 3. The Labute approximate surface area is 95.4 Å². The number of amides is 1. The molecule has 0 aromatic heterocycles. The van der Waals surface area contributed by atoms with Crippen LogP contribution in [0.15, 0.2) is 0 Å². The van der Waals surface area contributed by atoms with Crippen LogP contribution in [0.25, 0.3) is 0 Å². The second kappa shape index (κ2) is 4.31. The SMILES string of the molecule is C[C@H](C(=O)O)C1CN(C(=O)OC(C)(C)C)C1. The molecule has 1 N–H and O–H groups in total. The minimum atomic E-state index is -0.811. The summed E-state index contributed by atoms with van der Waals surface area (Å²) in [6, 6.07) is 0. The third kappa shape index (κ3) is 3.12. The molecule has 5 nitrogen and oxygen atoms in total. The lowest BCUT2D eigenvalue weighted by atomic mass is 9.87. The highest BCUT2D eigenvalue weighted by molar-refractivity contribution is 5.72. The molecule has 1 amide bonds. The molecule has 1 atom stereocenters. The maximum atomic E-state index is 11.5. The summed E-state index contributed by atoms with van der Waals surface area (Å²) in [5, 5.41) is 8.79. The lowest BCUT2D eigenvalue weighted by molar-refractivity contribution is -0.145. The van der Waals surface area contributed by atoms with Gasteiger partial charge in [0.05, 0.1) is 5.92 Å². The fourth-order valence-electron chi connectivity index (χ4n) is 1.51. The Balaban J connectivity index is 2.36. The van der Waals surface area contributed by atoms with Gasteiger partial charge < -0.3 is 14.7 Å². The van der Waals surface area contributed by atoms with Gasteiger partial charge in [0, 0.05) is 19.0 Å². The standard InChI is InChI=1S/C11H19NO4/c1-7(9(13)14)8-5-12(6-8)10(15)16-11(2,3)4/h7-8H,5-6H2,1-4H3,(H,13,14)/t7-/m0/s1. The highest BCUT2D eigenvalue weighted by Crippen LogP contribution is 2.25. The van der Waals surface area contributed by atoms with Gasteiger partial charge in [0.1, 0.15) is 5.60 Å². The number of ether oxygens (including phenoxy) is 1. The summed E-state index contributed by atoms with van der Waals surface area (Å²) < 4.78 is 5.17. The number of rotatable bonds is 2. The summed E-state index contributed by atoms with van der Waals surface area (Å²) >= 11 is 0. The second-order valence-corrected chi connectivity index (χ2v) is 5.27. The fourth-order valence-corrected chi connectivity index (χ4v) is 1.51. The van der Waals surface area contributed by atoms with Crippen molar-refractivity contribution in [3.05, 3.63) is 0 Å². The van der Waals surface area contributed by atoms with E-state index in [4.69, 9.17) is 9.84 Å². The van der Waals surface area contributed by atoms with E-state index in [1.165, 1.54) is 4.90 Å². The number of carboxylic acids is 1. The van der Waals surface area contributed by atoms with Crippen molar-refractivity contribution in [2.24, 2.45) is 11.8 Å². The van der Waals surface area contributed by atoms with E-state index in [0.717, 1.165) is 0 Å². The van der Waals surface area contributed by atoms with Crippen molar-refractivity contribution in [1.82, 2.24) is 4.90 Å². The zero-order valence-electron chi connectivity index (χ0n) is 10.2. The third-order valence-corrected chi connectivity index (χ3v) is 2.66. The fraction of sp³-hybridized carbons (Fsp3) is 0.818. The van der Waals surface area contributed by atoms with Crippen LogP contribution < -0.4 is 0 Å². The molecule has 1 aliphatic heterocycles. The molecule has 1 aliphatic rings. The van der Waals surface area contributed by atoms with E-state index in [9.17, 15) is 9.59 Å². The largest absolute Gasteiger partial charge is 0.481 e. The average molecular weight is 229 g/mol. The molecule has 0 saturated carbocycles. The minimum absolute atomic E-state index is 0.0463. The summed E-state index contributed by atoms with van der Waals surface area (Å²) in [5.74, 6) is -1.17. The first kappa shape index (κ1) is 12.8. The van der Waals surface area contributed by atoms with Gasteiger partial charge >= 0.3 is 12.1 Å². The molecule has 0 bridgehead atoms. The Bertz CT molecular complexity index is 289. The van der Waals surface area contributed by atoms with Crippen LogP contribution in [0.2, 0.25) is 0 Å². The Morgan fingerprint density at radius 3 is 2.25 bits per heavy atom. The predicted octanol–water partition coefficient (Wildman–Crippen LogP) is 1.57. The van der Waals surface area contributed by atoms with Gasteiger partial charge in [0.25, 0.3) is 0 Å². The van der Waals surface area contributed by atoms with Gasteiger partial charge in [-0.1, -0.05) is 6.92 Å². The maximum absolute atomic E-state index is 11.5. The Kier molecular flexibility index (Phi) is 3.45. The quantitative estimate of drug-likeness (QED) is 0.780. The van der Waals surface area contributed by atoms with E-state index in [1.807, 2.05) is 20.8 Å². The molecule has 92 valence electrons. The van der Waals surface area contributed by atoms with Crippen molar-refractivity contribution >= 4 is 12.1 Å². The number of carboxylic acid groups (broad SMARTS) is 1. The van der Waals surface area contributed by atoms with Crippen molar-refractivity contribution in [2.45, 2.75) is 33.3 Å². The topological polar surface area (TPSA) is 66.8 Å². The van der Waals surface area contributed by atoms with Crippen LogP contribution in [0.3, 0.4) is 0 Å². The van der Waals surface area contributed by atoms with Gasteiger partial charge in [-0.3, -0.25) is 4.79 Å². The first-order valence-electron chi connectivity index (χ1n) is 5.41. The van der Waals surface area contributed by atoms with Crippen LogP contribution in [0.5, 0.6) is 0 Å². The zero-order chi connectivity index (χ0) is 12.5. The number of nitrogens with zero attached hydrogens (tertiary/aromatic N) is 1. The third-order valence-electron chi connectivity index (χ3n) is 2.66. The van der Waals surface area contributed by atoms with Crippen LogP contribution in [-0.2, 0) is 9.53 Å². The predicted molar refractivity (Wildman–Crippen MR) is 58.1 cm³/mol. The van der Waals surface area contributed by atoms with Gasteiger partial charge in [0.2, 0.25) is 0 Å². The van der Waals surface area contributed by atoms with Crippen molar-refractivity contribution in [2.75, 3.05) is 13.1 Å². The molecule has 0 spiro atoms. The molecule has 16 heavy (non-hydrogen) atoms. The molecule has 5 heteroatoms. The van der Waals surface area contributed by atoms with Crippen molar-refractivity contribution in [1.29, 1.82) is 0 Å². The number of likely N-dealkylation sites (tertiary alicyclic amines) is 1. The summed E-state index contributed by atoms with van der Waals surface area (Å²) in [7, 11) is 0. The van der Waals surface area contributed by atoms with Gasteiger partial charge in [-0.2, -0.15) is 0 Å². The van der Waals surface area contributed by atoms with E-state index in [-0.39, 0.29) is 12.0 Å². The molecule has 1 saturated heterocycles. The smallest absolute Gasteiger partial charge is 0.410 e. The van der Waals surface area contributed by atoms with Crippen LogP contribution in [0, 0.1) is 11.8 Å². The normalized spacial score (nSPS) is 18.9. The van der Waals surface area contributed by atoms with Crippen LogP contribution in [0.4, 0.5) is 4.79 Å².